The molecule has 0 saturated carbocycles. The Kier molecular flexibility index (Phi) is 6.27. The van der Waals surface area contributed by atoms with Gasteiger partial charge in [-0.25, -0.2) is 4.79 Å². The lowest BCUT2D eigenvalue weighted by molar-refractivity contribution is -0.152. The smallest absolute Gasteiger partial charge is 0.347 e. The molecule has 3 aromatic rings. The molecule has 6 nitrogen and oxygen atoms in total. The lowest BCUT2D eigenvalue weighted by Crippen LogP contribution is -2.37. The van der Waals surface area contributed by atoms with Crippen molar-refractivity contribution in [3.05, 3.63) is 64.9 Å². The van der Waals surface area contributed by atoms with Gasteiger partial charge in [0.1, 0.15) is 23.9 Å². The summed E-state index contributed by atoms with van der Waals surface area (Å²) >= 11 is 5.94. The number of carboxylic acids is 1. The quantitative estimate of drug-likeness (QED) is 0.491. The molecule has 3 rings (SSSR count). The Bertz CT molecular complexity index is 1040. The van der Waals surface area contributed by atoms with Crippen LogP contribution >= 0.6 is 11.6 Å². The molecule has 1 heterocycles. The molecule has 1 N–H and O–H groups in total. The minimum atomic E-state index is -1.39. The summed E-state index contributed by atoms with van der Waals surface area (Å²) in [6, 6.07) is 14.3. The van der Waals surface area contributed by atoms with Crippen molar-refractivity contribution in [3.63, 3.8) is 0 Å². The second kappa shape index (κ2) is 8.71. The molecule has 30 heavy (non-hydrogen) atoms. The van der Waals surface area contributed by atoms with Gasteiger partial charge in [0, 0.05) is 22.2 Å². The van der Waals surface area contributed by atoms with Crippen molar-refractivity contribution < 1.29 is 28.5 Å². The average molecular weight is 431 g/mol. The van der Waals surface area contributed by atoms with Crippen LogP contribution in [0.15, 0.2) is 52.9 Å². The molecule has 0 saturated heterocycles. The van der Waals surface area contributed by atoms with Crippen molar-refractivity contribution in [3.8, 4) is 28.6 Å². The first-order chi connectivity index (χ1) is 14.2. The number of aliphatic carboxylic acids is 1. The van der Waals surface area contributed by atoms with E-state index in [9.17, 15) is 9.90 Å². The van der Waals surface area contributed by atoms with Crippen LogP contribution in [0.1, 0.15) is 25.2 Å². The molecule has 7 heteroatoms. The van der Waals surface area contributed by atoms with E-state index in [0.717, 1.165) is 22.6 Å². The molecule has 0 aliphatic heterocycles. The Morgan fingerprint density at radius 2 is 1.80 bits per heavy atom. The average Bonchev–Trinajstić information content (AvgIpc) is 3.08. The number of halogens is 1. The van der Waals surface area contributed by atoms with Gasteiger partial charge in [0.25, 0.3) is 0 Å². The number of benzene rings is 2. The van der Waals surface area contributed by atoms with E-state index in [0.29, 0.717) is 28.9 Å². The van der Waals surface area contributed by atoms with Gasteiger partial charge in [0.15, 0.2) is 17.1 Å². The summed E-state index contributed by atoms with van der Waals surface area (Å²) in [5.74, 6) is 1.68. The zero-order chi connectivity index (χ0) is 21.9. The lowest BCUT2D eigenvalue weighted by atomic mass is 10.1. The topological polar surface area (TPSA) is 78.1 Å². The van der Waals surface area contributed by atoms with Crippen LogP contribution in [0.3, 0.4) is 0 Å². The third-order valence-corrected chi connectivity index (χ3v) is 4.81. The van der Waals surface area contributed by atoms with Crippen LogP contribution in [0.4, 0.5) is 0 Å². The molecular formula is C23H23ClO6. The number of methoxy groups -OCH3 is 1. The van der Waals surface area contributed by atoms with E-state index < -0.39 is 11.6 Å². The summed E-state index contributed by atoms with van der Waals surface area (Å²) in [6.07, 6.45) is 0. The van der Waals surface area contributed by atoms with Crippen LogP contribution in [-0.2, 0) is 11.4 Å². The number of carbonyl (C=O) groups is 1. The van der Waals surface area contributed by atoms with Gasteiger partial charge in [0.05, 0.1) is 7.11 Å². The fraction of sp³-hybridized carbons (Fsp3) is 0.261. The van der Waals surface area contributed by atoms with Crippen LogP contribution in [0, 0.1) is 6.92 Å². The Morgan fingerprint density at radius 3 is 2.43 bits per heavy atom. The zero-order valence-electron chi connectivity index (χ0n) is 17.2. The molecule has 0 spiro atoms. The molecule has 0 aliphatic rings. The normalized spacial score (nSPS) is 11.2. The molecule has 0 fully saturated rings. The number of carboxylic acid groups (broad SMARTS) is 1. The molecule has 0 unspecified atom stereocenters. The van der Waals surface area contributed by atoms with E-state index in [1.54, 1.807) is 18.2 Å². The van der Waals surface area contributed by atoms with Crippen molar-refractivity contribution >= 4 is 17.6 Å². The standard InChI is InChI=1S/C23H23ClO6/c1-14-16(11-20(29-14)15-5-7-17(24)8-6-15)13-28-18-9-10-19(21(12-18)27-4)30-23(2,3)22(25)26/h5-12H,13H2,1-4H3,(H,25,26). The molecule has 158 valence electrons. The van der Waals surface area contributed by atoms with E-state index in [1.165, 1.54) is 21.0 Å². The fourth-order valence-electron chi connectivity index (χ4n) is 2.72. The summed E-state index contributed by atoms with van der Waals surface area (Å²) in [7, 11) is 1.48. The monoisotopic (exact) mass is 430 g/mol. The minimum Gasteiger partial charge on any atom is -0.493 e. The van der Waals surface area contributed by atoms with E-state index in [1.807, 2.05) is 37.3 Å². The summed E-state index contributed by atoms with van der Waals surface area (Å²) in [5, 5.41) is 9.91. The maximum atomic E-state index is 11.3. The van der Waals surface area contributed by atoms with Crippen LogP contribution < -0.4 is 14.2 Å². The van der Waals surface area contributed by atoms with Crippen molar-refractivity contribution in [2.24, 2.45) is 0 Å². The van der Waals surface area contributed by atoms with Crippen molar-refractivity contribution in [1.82, 2.24) is 0 Å². The third kappa shape index (κ3) is 4.89. The van der Waals surface area contributed by atoms with E-state index in [-0.39, 0.29) is 0 Å². The highest BCUT2D eigenvalue weighted by atomic mass is 35.5. The predicted octanol–water partition coefficient (Wildman–Crippen LogP) is 5.74. The fourth-order valence-corrected chi connectivity index (χ4v) is 2.85. The molecule has 2 aromatic carbocycles. The molecule has 0 atom stereocenters. The number of furan rings is 1. The first kappa shape index (κ1) is 21.6. The second-order valence-corrected chi connectivity index (χ2v) is 7.65. The van der Waals surface area contributed by atoms with Crippen LogP contribution in [0.5, 0.6) is 17.2 Å². The van der Waals surface area contributed by atoms with Crippen molar-refractivity contribution in [1.29, 1.82) is 0 Å². The van der Waals surface area contributed by atoms with Gasteiger partial charge in [-0.2, -0.15) is 0 Å². The summed E-state index contributed by atoms with van der Waals surface area (Å²) in [4.78, 5) is 11.3. The highest BCUT2D eigenvalue weighted by Gasteiger charge is 2.30. The molecule has 0 amide bonds. The highest BCUT2D eigenvalue weighted by Crippen LogP contribution is 2.34. The summed E-state index contributed by atoms with van der Waals surface area (Å²) in [6.45, 7) is 5.12. The SMILES string of the molecule is COc1cc(OCc2cc(-c3ccc(Cl)cc3)oc2C)ccc1OC(C)(C)C(=O)O. The van der Waals surface area contributed by atoms with Crippen LogP contribution in [0.25, 0.3) is 11.3 Å². The molecule has 0 radical (unpaired) electrons. The van der Waals surface area contributed by atoms with Gasteiger partial charge in [-0.3, -0.25) is 0 Å². The first-order valence-electron chi connectivity index (χ1n) is 9.28. The maximum Gasteiger partial charge on any atom is 0.347 e. The van der Waals surface area contributed by atoms with Gasteiger partial charge in [0.2, 0.25) is 0 Å². The van der Waals surface area contributed by atoms with Gasteiger partial charge >= 0.3 is 5.97 Å². The summed E-state index contributed by atoms with van der Waals surface area (Å²) < 4.78 is 22.6. The van der Waals surface area contributed by atoms with Crippen molar-refractivity contribution in [2.45, 2.75) is 33.0 Å². The van der Waals surface area contributed by atoms with Gasteiger partial charge in [-0.15, -0.1) is 0 Å². The maximum absolute atomic E-state index is 11.3. The Balaban J connectivity index is 1.73. The van der Waals surface area contributed by atoms with Crippen LogP contribution in [-0.4, -0.2) is 23.8 Å². The zero-order valence-corrected chi connectivity index (χ0v) is 17.9. The van der Waals surface area contributed by atoms with E-state index in [2.05, 4.69) is 0 Å². The number of hydrogen-bond donors (Lipinski definition) is 1. The molecular weight excluding hydrogens is 408 g/mol. The Hall–Kier alpha value is -3.12. The summed E-state index contributed by atoms with van der Waals surface area (Å²) in [5.41, 5.74) is 0.450. The van der Waals surface area contributed by atoms with Gasteiger partial charge in [-0.1, -0.05) is 11.6 Å². The second-order valence-electron chi connectivity index (χ2n) is 7.22. The first-order valence-corrected chi connectivity index (χ1v) is 9.66. The number of rotatable bonds is 8. The van der Waals surface area contributed by atoms with Crippen LogP contribution in [0.2, 0.25) is 5.02 Å². The lowest BCUT2D eigenvalue weighted by Gasteiger charge is -2.23. The molecule has 0 bridgehead atoms. The van der Waals surface area contributed by atoms with Crippen molar-refractivity contribution in [2.75, 3.05) is 7.11 Å². The Morgan fingerprint density at radius 1 is 1.10 bits per heavy atom. The minimum absolute atomic E-state index is 0.299. The molecule has 0 aliphatic carbocycles. The predicted molar refractivity (Wildman–Crippen MR) is 114 cm³/mol. The Labute approximate surface area is 179 Å². The number of hydrogen-bond acceptors (Lipinski definition) is 5. The molecule has 1 aromatic heterocycles. The highest BCUT2D eigenvalue weighted by molar-refractivity contribution is 6.30. The third-order valence-electron chi connectivity index (χ3n) is 4.56. The van der Waals surface area contributed by atoms with Gasteiger partial charge < -0.3 is 23.7 Å². The van der Waals surface area contributed by atoms with Gasteiger partial charge in [-0.05, 0) is 63.2 Å². The number of aryl methyl sites for hydroxylation is 1. The largest absolute Gasteiger partial charge is 0.493 e. The number of ether oxygens (including phenoxy) is 3. The van der Waals surface area contributed by atoms with E-state index >= 15 is 0 Å². The van der Waals surface area contributed by atoms with E-state index in [4.69, 9.17) is 30.2 Å².